The van der Waals surface area contributed by atoms with Crippen molar-refractivity contribution in [3.8, 4) is 0 Å². The Hall–Kier alpha value is -1.10. The second-order valence-corrected chi connectivity index (χ2v) is 4.98. The Morgan fingerprint density at radius 3 is 2.68 bits per heavy atom. The molecule has 1 aromatic rings. The van der Waals surface area contributed by atoms with Crippen molar-refractivity contribution >= 4 is 17.5 Å². The number of aryl methyl sites for hydroxylation is 2. The van der Waals surface area contributed by atoms with Crippen LogP contribution in [0.5, 0.6) is 0 Å². The predicted octanol–water partition coefficient (Wildman–Crippen LogP) is 2.08. The molecule has 0 bridgehead atoms. The zero-order valence-corrected chi connectivity index (χ0v) is 12.3. The first kappa shape index (κ1) is 16.0. The molecule has 0 heterocycles. The van der Waals surface area contributed by atoms with Gasteiger partial charge in [0.25, 0.3) is 5.91 Å². The third kappa shape index (κ3) is 4.82. The van der Waals surface area contributed by atoms with E-state index in [1.54, 1.807) is 12.1 Å². The second kappa shape index (κ2) is 7.48. The van der Waals surface area contributed by atoms with Crippen LogP contribution in [-0.4, -0.2) is 37.4 Å². The van der Waals surface area contributed by atoms with Crippen molar-refractivity contribution in [2.75, 3.05) is 20.3 Å². The van der Waals surface area contributed by atoms with E-state index in [0.717, 1.165) is 11.1 Å². The van der Waals surface area contributed by atoms with E-state index in [2.05, 4.69) is 5.32 Å². The summed E-state index contributed by atoms with van der Waals surface area (Å²) in [4.78, 5) is 12.0. The Balaban J connectivity index is 2.57. The van der Waals surface area contributed by atoms with Crippen LogP contribution in [0.2, 0.25) is 5.02 Å². The highest BCUT2D eigenvalue weighted by molar-refractivity contribution is 6.33. The van der Waals surface area contributed by atoms with E-state index in [9.17, 15) is 9.90 Å². The van der Waals surface area contributed by atoms with Gasteiger partial charge in [-0.15, -0.1) is 0 Å². The number of benzene rings is 1. The summed E-state index contributed by atoms with van der Waals surface area (Å²) in [6.45, 7) is 4.53. The minimum Gasteiger partial charge on any atom is -0.391 e. The summed E-state index contributed by atoms with van der Waals surface area (Å²) in [6, 6.07) is 3.56. The molecule has 2 N–H and O–H groups in total. The Bertz CT molecular complexity index is 449. The quantitative estimate of drug-likeness (QED) is 0.841. The van der Waals surface area contributed by atoms with Crippen molar-refractivity contribution in [2.45, 2.75) is 26.4 Å². The van der Waals surface area contributed by atoms with Crippen LogP contribution in [0.25, 0.3) is 0 Å². The SMILES string of the molecule is COCC(O)CCNC(=O)c1cc(C)c(C)cc1Cl. The topological polar surface area (TPSA) is 58.6 Å². The lowest BCUT2D eigenvalue weighted by molar-refractivity contribution is 0.0587. The molecule has 0 aliphatic rings. The number of halogens is 1. The van der Waals surface area contributed by atoms with Crippen molar-refractivity contribution in [2.24, 2.45) is 0 Å². The number of aliphatic hydroxyl groups excluding tert-OH is 1. The Morgan fingerprint density at radius 1 is 1.42 bits per heavy atom. The molecule has 19 heavy (non-hydrogen) atoms. The van der Waals surface area contributed by atoms with Crippen LogP contribution >= 0.6 is 11.6 Å². The van der Waals surface area contributed by atoms with E-state index in [0.29, 0.717) is 23.6 Å². The summed E-state index contributed by atoms with van der Waals surface area (Å²) in [5.41, 5.74) is 2.54. The summed E-state index contributed by atoms with van der Waals surface area (Å²) in [7, 11) is 1.52. The van der Waals surface area contributed by atoms with Crippen molar-refractivity contribution in [1.29, 1.82) is 0 Å². The van der Waals surface area contributed by atoms with Crippen LogP contribution in [0.4, 0.5) is 0 Å². The number of amides is 1. The first-order valence-electron chi connectivity index (χ1n) is 6.17. The van der Waals surface area contributed by atoms with Crippen molar-refractivity contribution in [3.05, 3.63) is 33.8 Å². The van der Waals surface area contributed by atoms with E-state index in [-0.39, 0.29) is 12.5 Å². The summed E-state index contributed by atoms with van der Waals surface area (Å²) in [5.74, 6) is -0.224. The molecule has 0 fully saturated rings. The zero-order chi connectivity index (χ0) is 14.4. The van der Waals surface area contributed by atoms with Gasteiger partial charge in [-0.25, -0.2) is 0 Å². The first-order chi connectivity index (χ1) is 8.95. The van der Waals surface area contributed by atoms with Gasteiger partial charge in [-0.05, 0) is 43.5 Å². The van der Waals surface area contributed by atoms with Gasteiger partial charge >= 0.3 is 0 Å². The van der Waals surface area contributed by atoms with Gasteiger partial charge in [0.05, 0.1) is 23.3 Å². The molecular formula is C14H20ClNO3. The van der Waals surface area contributed by atoms with E-state index >= 15 is 0 Å². The molecule has 0 spiro atoms. The molecule has 1 rings (SSSR count). The van der Waals surface area contributed by atoms with Crippen molar-refractivity contribution in [3.63, 3.8) is 0 Å². The fourth-order valence-corrected chi connectivity index (χ4v) is 1.98. The number of aliphatic hydroxyl groups is 1. The number of ether oxygens (including phenoxy) is 1. The monoisotopic (exact) mass is 285 g/mol. The van der Waals surface area contributed by atoms with Crippen LogP contribution < -0.4 is 5.32 Å². The van der Waals surface area contributed by atoms with Crippen molar-refractivity contribution < 1.29 is 14.6 Å². The number of hydrogen-bond acceptors (Lipinski definition) is 3. The minimum atomic E-state index is -0.569. The van der Waals surface area contributed by atoms with Gasteiger partial charge in [0.1, 0.15) is 0 Å². The normalized spacial score (nSPS) is 12.3. The molecule has 1 unspecified atom stereocenters. The summed E-state index contributed by atoms with van der Waals surface area (Å²) >= 11 is 6.06. The Morgan fingerprint density at radius 2 is 2.05 bits per heavy atom. The van der Waals surface area contributed by atoms with E-state index in [1.165, 1.54) is 7.11 Å². The predicted molar refractivity (Wildman–Crippen MR) is 75.8 cm³/mol. The van der Waals surface area contributed by atoms with Gasteiger partial charge in [-0.2, -0.15) is 0 Å². The fraction of sp³-hybridized carbons (Fsp3) is 0.500. The van der Waals surface area contributed by atoms with Crippen LogP contribution in [0, 0.1) is 13.8 Å². The minimum absolute atomic E-state index is 0.224. The van der Waals surface area contributed by atoms with Gasteiger partial charge in [0.15, 0.2) is 0 Å². The zero-order valence-electron chi connectivity index (χ0n) is 11.5. The van der Waals surface area contributed by atoms with Gasteiger partial charge < -0.3 is 15.2 Å². The third-order valence-electron chi connectivity index (χ3n) is 2.95. The van der Waals surface area contributed by atoms with E-state index in [1.807, 2.05) is 13.8 Å². The lowest BCUT2D eigenvalue weighted by Gasteiger charge is -2.11. The number of methoxy groups -OCH3 is 1. The highest BCUT2D eigenvalue weighted by Crippen LogP contribution is 2.20. The van der Waals surface area contributed by atoms with E-state index in [4.69, 9.17) is 16.3 Å². The lowest BCUT2D eigenvalue weighted by Crippen LogP contribution is -2.28. The number of carbonyl (C=O) groups excluding carboxylic acids is 1. The van der Waals surface area contributed by atoms with Gasteiger partial charge in [0.2, 0.25) is 0 Å². The summed E-state index contributed by atoms with van der Waals surface area (Å²) in [6.07, 6.45) is -0.122. The molecule has 1 atom stereocenters. The molecule has 1 amide bonds. The highest BCUT2D eigenvalue weighted by atomic mass is 35.5. The number of rotatable bonds is 6. The van der Waals surface area contributed by atoms with Crippen LogP contribution in [0.1, 0.15) is 27.9 Å². The van der Waals surface area contributed by atoms with Gasteiger partial charge in [-0.3, -0.25) is 4.79 Å². The first-order valence-corrected chi connectivity index (χ1v) is 6.55. The van der Waals surface area contributed by atoms with Crippen LogP contribution in [-0.2, 0) is 4.74 Å². The maximum atomic E-state index is 12.0. The van der Waals surface area contributed by atoms with Crippen molar-refractivity contribution in [1.82, 2.24) is 5.32 Å². The molecule has 0 aromatic heterocycles. The highest BCUT2D eigenvalue weighted by Gasteiger charge is 2.12. The second-order valence-electron chi connectivity index (χ2n) is 4.57. The molecule has 1 aromatic carbocycles. The summed E-state index contributed by atoms with van der Waals surface area (Å²) in [5, 5.41) is 12.6. The summed E-state index contributed by atoms with van der Waals surface area (Å²) < 4.78 is 4.81. The molecule has 0 radical (unpaired) electrons. The van der Waals surface area contributed by atoms with E-state index < -0.39 is 6.10 Å². The fourth-order valence-electron chi connectivity index (χ4n) is 1.68. The number of nitrogens with one attached hydrogen (secondary N) is 1. The third-order valence-corrected chi connectivity index (χ3v) is 3.26. The Kier molecular flexibility index (Phi) is 6.28. The molecular weight excluding hydrogens is 266 g/mol. The Labute approximate surface area is 118 Å². The molecule has 0 saturated carbocycles. The van der Waals surface area contributed by atoms with Crippen LogP contribution in [0.15, 0.2) is 12.1 Å². The largest absolute Gasteiger partial charge is 0.391 e. The maximum Gasteiger partial charge on any atom is 0.252 e. The standard InChI is InChI=1S/C14H20ClNO3/c1-9-6-12(13(15)7-10(9)2)14(18)16-5-4-11(17)8-19-3/h6-7,11,17H,4-5,8H2,1-3H3,(H,16,18). The van der Waals surface area contributed by atoms with Crippen LogP contribution in [0.3, 0.4) is 0 Å². The average Bonchev–Trinajstić information content (AvgIpc) is 2.34. The average molecular weight is 286 g/mol. The van der Waals surface area contributed by atoms with Gasteiger partial charge in [-0.1, -0.05) is 11.6 Å². The molecule has 106 valence electrons. The number of carbonyl (C=O) groups is 1. The van der Waals surface area contributed by atoms with Gasteiger partial charge in [0, 0.05) is 13.7 Å². The smallest absolute Gasteiger partial charge is 0.252 e. The maximum absolute atomic E-state index is 12.0. The lowest BCUT2D eigenvalue weighted by atomic mass is 10.1. The number of hydrogen-bond donors (Lipinski definition) is 2. The molecule has 5 heteroatoms. The molecule has 0 aliphatic heterocycles. The molecule has 0 aliphatic carbocycles. The molecule has 0 saturated heterocycles. The molecule has 4 nitrogen and oxygen atoms in total.